The van der Waals surface area contributed by atoms with Gasteiger partial charge in [0.1, 0.15) is 11.5 Å². The van der Waals surface area contributed by atoms with E-state index in [2.05, 4.69) is 5.32 Å². The quantitative estimate of drug-likeness (QED) is 0.594. The van der Waals surface area contributed by atoms with Crippen LogP contribution in [0, 0.1) is 16.0 Å². The highest BCUT2D eigenvalue weighted by molar-refractivity contribution is 5.92. The van der Waals surface area contributed by atoms with Gasteiger partial charge < -0.3 is 14.8 Å². The summed E-state index contributed by atoms with van der Waals surface area (Å²) >= 11 is 0. The number of hydrogen-bond donors (Lipinski definition) is 1. The van der Waals surface area contributed by atoms with E-state index in [9.17, 15) is 14.9 Å². The van der Waals surface area contributed by atoms with Crippen molar-refractivity contribution in [2.45, 2.75) is 20.8 Å². The van der Waals surface area contributed by atoms with Crippen molar-refractivity contribution >= 4 is 17.3 Å². The van der Waals surface area contributed by atoms with Crippen LogP contribution in [0.25, 0.3) is 0 Å². The Kier molecular flexibility index (Phi) is 5.94. The van der Waals surface area contributed by atoms with Gasteiger partial charge in [0.2, 0.25) is 11.7 Å². The van der Waals surface area contributed by atoms with Gasteiger partial charge in [-0.1, -0.05) is 13.8 Å². The lowest BCUT2D eigenvalue weighted by Gasteiger charge is -2.10. The maximum absolute atomic E-state index is 11.7. The smallest absolute Gasteiger partial charge is 0.311 e. The van der Waals surface area contributed by atoms with Gasteiger partial charge in [-0.3, -0.25) is 14.9 Å². The third kappa shape index (κ3) is 4.94. The van der Waals surface area contributed by atoms with E-state index in [1.807, 2.05) is 13.8 Å². The highest BCUT2D eigenvalue weighted by Crippen LogP contribution is 2.33. The summed E-state index contributed by atoms with van der Waals surface area (Å²) in [5.74, 6) is 0.955. The highest BCUT2D eigenvalue weighted by Gasteiger charge is 2.16. The number of hydrogen-bond acceptors (Lipinski definition) is 5. The number of benzene rings is 2. The summed E-state index contributed by atoms with van der Waals surface area (Å²) in [4.78, 5) is 22.2. The lowest BCUT2D eigenvalue weighted by Crippen LogP contribution is -2.17. The van der Waals surface area contributed by atoms with Crippen molar-refractivity contribution in [1.29, 1.82) is 0 Å². The lowest BCUT2D eigenvalue weighted by molar-refractivity contribution is -0.385. The predicted molar refractivity (Wildman–Crippen MR) is 94.2 cm³/mol. The fourth-order valence-corrected chi connectivity index (χ4v) is 2.01. The maximum atomic E-state index is 11.7. The molecular formula is C18H20N2O5. The Morgan fingerprint density at radius 1 is 1.16 bits per heavy atom. The van der Waals surface area contributed by atoms with Gasteiger partial charge in [-0.15, -0.1) is 0 Å². The number of amides is 1. The number of ether oxygens (including phenoxy) is 2. The van der Waals surface area contributed by atoms with Crippen LogP contribution in [-0.4, -0.2) is 17.4 Å². The molecule has 0 heterocycles. The number of anilines is 1. The molecule has 2 aromatic rings. The van der Waals surface area contributed by atoms with Crippen LogP contribution < -0.4 is 14.8 Å². The molecule has 0 radical (unpaired) electrons. The van der Waals surface area contributed by atoms with E-state index in [4.69, 9.17) is 9.47 Å². The Balaban J connectivity index is 2.12. The zero-order valence-corrected chi connectivity index (χ0v) is 14.3. The molecule has 0 fully saturated rings. The molecule has 0 saturated heterocycles. The molecule has 0 unspecified atom stereocenters. The third-order valence-corrected chi connectivity index (χ3v) is 3.31. The molecule has 1 amide bonds. The molecule has 132 valence electrons. The van der Waals surface area contributed by atoms with Crippen molar-refractivity contribution in [3.05, 3.63) is 52.6 Å². The molecule has 0 aromatic heterocycles. The van der Waals surface area contributed by atoms with E-state index in [0.29, 0.717) is 23.8 Å². The van der Waals surface area contributed by atoms with Crippen molar-refractivity contribution in [1.82, 2.24) is 0 Å². The number of nitrogens with one attached hydrogen (secondary N) is 1. The first-order chi connectivity index (χ1) is 11.9. The molecule has 7 heteroatoms. The zero-order chi connectivity index (χ0) is 18.4. The first-order valence-corrected chi connectivity index (χ1v) is 7.90. The van der Waals surface area contributed by atoms with Crippen molar-refractivity contribution in [2.24, 2.45) is 5.92 Å². The van der Waals surface area contributed by atoms with Gasteiger partial charge in [0, 0.05) is 23.7 Å². The molecular weight excluding hydrogens is 324 g/mol. The second-order valence-corrected chi connectivity index (χ2v) is 5.59. The molecule has 0 saturated carbocycles. The fraction of sp³-hybridized carbons (Fsp3) is 0.278. The van der Waals surface area contributed by atoms with E-state index in [0.717, 1.165) is 0 Å². The summed E-state index contributed by atoms with van der Waals surface area (Å²) in [5, 5.41) is 13.8. The Morgan fingerprint density at radius 2 is 1.80 bits per heavy atom. The van der Waals surface area contributed by atoms with E-state index in [1.54, 1.807) is 31.2 Å². The van der Waals surface area contributed by atoms with Crippen molar-refractivity contribution < 1.29 is 19.2 Å². The fourth-order valence-electron chi connectivity index (χ4n) is 2.01. The molecule has 2 aromatic carbocycles. The third-order valence-electron chi connectivity index (χ3n) is 3.31. The first-order valence-electron chi connectivity index (χ1n) is 7.90. The van der Waals surface area contributed by atoms with Gasteiger partial charge in [-0.05, 0) is 37.3 Å². The minimum absolute atomic E-state index is 0.0645. The monoisotopic (exact) mass is 344 g/mol. The standard InChI is InChI=1S/C18H20N2O5/c1-4-24-17-11-15(9-10-16(17)20(22)23)25-14-7-5-13(6-8-14)19-18(21)12(2)3/h5-12H,4H2,1-3H3,(H,19,21). The summed E-state index contributed by atoms with van der Waals surface area (Å²) in [6.45, 7) is 5.70. The number of nitro groups is 1. The minimum Gasteiger partial charge on any atom is -0.487 e. The van der Waals surface area contributed by atoms with Crippen LogP contribution in [0.4, 0.5) is 11.4 Å². The van der Waals surface area contributed by atoms with Crippen molar-refractivity contribution in [2.75, 3.05) is 11.9 Å². The number of carbonyl (C=O) groups is 1. The molecule has 0 aliphatic carbocycles. The van der Waals surface area contributed by atoms with Crippen LogP contribution in [0.5, 0.6) is 17.2 Å². The van der Waals surface area contributed by atoms with Crippen molar-refractivity contribution in [3.8, 4) is 17.2 Å². The number of rotatable bonds is 7. The molecule has 25 heavy (non-hydrogen) atoms. The number of nitrogens with zero attached hydrogens (tertiary/aromatic N) is 1. The summed E-state index contributed by atoms with van der Waals surface area (Å²) < 4.78 is 11.0. The Morgan fingerprint density at radius 3 is 2.36 bits per heavy atom. The molecule has 0 atom stereocenters. The number of carbonyl (C=O) groups excluding carboxylic acids is 1. The number of nitro benzene ring substituents is 1. The van der Waals surface area contributed by atoms with E-state index in [1.165, 1.54) is 18.2 Å². The largest absolute Gasteiger partial charge is 0.487 e. The SMILES string of the molecule is CCOc1cc(Oc2ccc(NC(=O)C(C)C)cc2)ccc1[N+](=O)[O-]. The predicted octanol–water partition coefficient (Wildman–Crippen LogP) is 4.38. The molecule has 0 spiro atoms. The second kappa shape index (κ2) is 8.14. The summed E-state index contributed by atoms with van der Waals surface area (Å²) in [7, 11) is 0. The molecule has 7 nitrogen and oxygen atoms in total. The normalized spacial score (nSPS) is 10.4. The van der Waals surface area contributed by atoms with Crippen LogP contribution in [-0.2, 0) is 4.79 Å². The van der Waals surface area contributed by atoms with Gasteiger partial charge in [0.05, 0.1) is 11.5 Å². The van der Waals surface area contributed by atoms with Gasteiger partial charge in [0.25, 0.3) is 0 Å². The van der Waals surface area contributed by atoms with Crippen LogP contribution in [0.2, 0.25) is 0 Å². The van der Waals surface area contributed by atoms with Gasteiger partial charge >= 0.3 is 5.69 Å². The summed E-state index contributed by atoms with van der Waals surface area (Å²) in [5.41, 5.74) is 0.561. The van der Waals surface area contributed by atoms with Crippen LogP contribution in [0.15, 0.2) is 42.5 Å². The zero-order valence-electron chi connectivity index (χ0n) is 14.3. The Bertz CT molecular complexity index is 757. The van der Waals surface area contributed by atoms with E-state index >= 15 is 0 Å². The summed E-state index contributed by atoms with van der Waals surface area (Å²) in [6, 6.07) is 11.2. The van der Waals surface area contributed by atoms with Crippen LogP contribution in [0.1, 0.15) is 20.8 Å². The summed E-state index contributed by atoms with van der Waals surface area (Å²) in [6.07, 6.45) is 0. The second-order valence-electron chi connectivity index (χ2n) is 5.59. The molecule has 0 aliphatic rings. The topological polar surface area (TPSA) is 90.7 Å². The van der Waals surface area contributed by atoms with E-state index < -0.39 is 4.92 Å². The highest BCUT2D eigenvalue weighted by atomic mass is 16.6. The first kappa shape index (κ1) is 18.3. The van der Waals surface area contributed by atoms with Gasteiger partial charge in [-0.2, -0.15) is 0 Å². The van der Waals surface area contributed by atoms with E-state index in [-0.39, 0.29) is 23.3 Å². The average Bonchev–Trinajstić information content (AvgIpc) is 2.57. The average molecular weight is 344 g/mol. The Labute approximate surface area is 145 Å². The van der Waals surface area contributed by atoms with Crippen LogP contribution in [0.3, 0.4) is 0 Å². The minimum atomic E-state index is -0.499. The molecule has 2 rings (SSSR count). The molecule has 0 bridgehead atoms. The Hall–Kier alpha value is -3.09. The maximum Gasteiger partial charge on any atom is 0.311 e. The molecule has 0 aliphatic heterocycles. The lowest BCUT2D eigenvalue weighted by atomic mass is 10.2. The van der Waals surface area contributed by atoms with Crippen molar-refractivity contribution in [3.63, 3.8) is 0 Å². The van der Waals surface area contributed by atoms with Gasteiger partial charge in [-0.25, -0.2) is 0 Å². The molecule has 1 N–H and O–H groups in total. The van der Waals surface area contributed by atoms with Crippen LogP contribution >= 0.6 is 0 Å². The van der Waals surface area contributed by atoms with Gasteiger partial charge in [0.15, 0.2) is 0 Å².